The summed E-state index contributed by atoms with van der Waals surface area (Å²) in [5.41, 5.74) is 0.327. The molecule has 1 atom stereocenters. The van der Waals surface area contributed by atoms with E-state index in [1.54, 1.807) is 30.7 Å². The molecule has 0 aliphatic carbocycles. The summed E-state index contributed by atoms with van der Waals surface area (Å²) in [5.74, 6) is 1.40. The third-order valence-corrected chi connectivity index (χ3v) is 4.29. The van der Waals surface area contributed by atoms with Crippen molar-refractivity contribution >= 4 is 24.4 Å². The first-order chi connectivity index (χ1) is 14.4. The van der Waals surface area contributed by atoms with Crippen LogP contribution in [-0.2, 0) is 14.3 Å². The zero-order valence-corrected chi connectivity index (χ0v) is 17.1. The van der Waals surface area contributed by atoms with Gasteiger partial charge >= 0.3 is 0 Å². The highest BCUT2D eigenvalue weighted by Gasteiger charge is 2.21. The maximum atomic E-state index is 11.5. The van der Waals surface area contributed by atoms with Crippen molar-refractivity contribution in [1.29, 1.82) is 0 Å². The molecule has 4 heterocycles. The van der Waals surface area contributed by atoms with Crippen LogP contribution in [0, 0.1) is 0 Å². The van der Waals surface area contributed by atoms with Gasteiger partial charge in [-0.1, -0.05) is 5.16 Å². The lowest BCUT2D eigenvalue weighted by atomic mass is 10.2. The lowest BCUT2D eigenvalue weighted by Crippen LogP contribution is -2.17. The predicted octanol–water partition coefficient (Wildman–Crippen LogP) is 2.92. The fraction of sp³-hybridized carbons (Fsp3) is 0.400. The van der Waals surface area contributed by atoms with E-state index in [1.807, 2.05) is 31.6 Å². The Kier molecular flexibility index (Phi) is 6.68. The van der Waals surface area contributed by atoms with Crippen LogP contribution in [0.2, 0.25) is 0 Å². The predicted molar refractivity (Wildman–Crippen MR) is 108 cm³/mol. The SMILES string of the molecule is CC(C)(C)OC=O.O=CN(c1cnn(C2CCNC2)c1)c1cc(-c2ccco2)on1. The van der Waals surface area contributed by atoms with Crippen molar-refractivity contribution < 1.29 is 23.3 Å². The molecule has 1 amide bonds. The molecule has 0 aromatic carbocycles. The van der Waals surface area contributed by atoms with Crippen LogP contribution >= 0.6 is 0 Å². The fourth-order valence-electron chi connectivity index (χ4n) is 2.82. The zero-order valence-electron chi connectivity index (χ0n) is 17.1. The Morgan fingerprint density at radius 3 is 2.73 bits per heavy atom. The molecule has 1 N–H and O–H groups in total. The normalized spacial score (nSPS) is 15.9. The summed E-state index contributed by atoms with van der Waals surface area (Å²) in [6, 6.07) is 5.49. The highest BCUT2D eigenvalue weighted by Crippen LogP contribution is 2.29. The minimum atomic E-state index is -0.318. The number of hydrogen-bond donors (Lipinski definition) is 1. The van der Waals surface area contributed by atoms with Gasteiger partial charge in [0.05, 0.1) is 24.2 Å². The van der Waals surface area contributed by atoms with Gasteiger partial charge in [-0.05, 0) is 45.9 Å². The molecule has 10 heteroatoms. The molecular weight excluding hydrogens is 390 g/mol. The second-order valence-corrected chi connectivity index (χ2v) is 7.65. The lowest BCUT2D eigenvalue weighted by Gasteiger charge is -2.14. The number of hydrogen-bond acceptors (Lipinski definition) is 8. The number of ether oxygens (including phenoxy) is 1. The van der Waals surface area contributed by atoms with Crippen LogP contribution in [0.3, 0.4) is 0 Å². The highest BCUT2D eigenvalue weighted by atomic mass is 16.5. The topological polar surface area (TPSA) is 116 Å². The first kappa shape index (κ1) is 21.3. The maximum Gasteiger partial charge on any atom is 0.293 e. The van der Waals surface area contributed by atoms with Crippen molar-refractivity contribution in [3.63, 3.8) is 0 Å². The van der Waals surface area contributed by atoms with Crippen LogP contribution in [0.1, 0.15) is 33.2 Å². The molecule has 0 spiro atoms. The van der Waals surface area contributed by atoms with Gasteiger partial charge in [-0.25, -0.2) is 0 Å². The zero-order chi connectivity index (χ0) is 21.6. The second-order valence-electron chi connectivity index (χ2n) is 7.65. The Morgan fingerprint density at radius 1 is 1.33 bits per heavy atom. The maximum absolute atomic E-state index is 11.5. The summed E-state index contributed by atoms with van der Waals surface area (Å²) in [7, 11) is 0. The summed E-state index contributed by atoms with van der Waals surface area (Å²) < 4.78 is 16.9. The van der Waals surface area contributed by atoms with E-state index in [9.17, 15) is 9.59 Å². The first-order valence-electron chi connectivity index (χ1n) is 9.53. The standard InChI is InChI=1S/C15H15N5O3.C5H10O2/c21-10-19(12-8-17-20(9-12)11-3-4-16-7-11)15-6-14(23-18-15)13-2-1-5-22-13;1-5(2,3)7-4-6/h1-2,5-6,8-11,16H,3-4,7H2;4H,1-3H3. The summed E-state index contributed by atoms with van der Waals surface area (Å²) in [5, 5.41) is 11.6. The van der Waals surface area contributed by atoms with Crippen molar-refractivity contribution in [3.05, 3.63) is 36.9 Å². The number of carbonyl (C=O) groups is 2. The van der Waals surface area contributed by atoms with Gasteiger partial charge in [-0.15, -0.1) is 0 Å². The van der Waals surface area contributed by atoms with Gasteiger partial charge in [-0.3, -0.25) is 19.2 Å². The fourth-order valence-corrected chi connectivity index (χ4v) is 2.82. The Morgan fingerprint density at radius 2 is 2.17 bits per heavy atom. The van der Waals surface area contributed by atoms with Crippen molar-refractivity contribution in [2.75, 3.05) is 18.0 Å². The molecule has 1 saturated heterocycles. The molecule has 1 fully saturated rings. The minimum Gasteiger partial charge on any atom is -0.462 e. The van der Waals surface area contributed by atoms with Gasteiger partial charge in [0, 0.05) is 18.8 Å². The molecule has 0 saturated carbocycles. The quantitative estimate of drug-likeness (QED) is 0.611. The summed E-state index contributed by atoms with van der Waals surface area (Å²) >= 11 is 0. The first-order valence-corrected chi connectivity index (χ1v) is 9.53. The monoisotopic (exact) mass is 415 g/mol. The molecule has 30 heavy (non-hydrogen) atoms. The molecule has 3 aromatic heterocycles. The third kappa shape index (κ3) is 5.35. The molecule has 10 nitrogen and oxygen atoms in total. The Bertz CT molecular complexity index is 935. The number of nitrogens with one attached hydrogen (secondary N) is 1. The number of anilines is 2. The average molecular weight is 415 g/mol. The van der Waals surface area contributed by atoms with Crippen LogP contribution in [0.4, 0.5) is 11.5 Å². The average Bonchev–Trinajstić information content (AvgIpc) is 3.48. The van der Waals surface area contributed by atoms with Crippen molar-refractivity contribution in [3.8, 4) is 11.5 Å². The van der Waals surface area contributed by atoms with E-state index >= 15 is 0 Å². The van der Waals surface area contributed by atoms with E-state index in [4.69, 9.17) is 8.94 Å². The number of furan rings is 1. The van der Waals surface area contributed by atoms with Gasteiger partial charge in [0.1, 0.15) is 5.60 Å². The minimum absolute atomic E-state index is 0.313. The molecule has 0 radical (unpaired) electrons. The van der Waals surface area contributed by atoms with Crippen LogP contribution in [-0.4, -0.2) is 46.5 Å². The van der Waals surface area contributed by atoms with Crippen molar-refractivity contribution in [2.24, 2.45) is 0 Å². The third-order valence-electron chi connectivity index (χ3n) is 4.29. The van der Waals surface area contributed by atoms with Crippen LogP contribution < -0.4 is 10.2 Å². The molecule has 160 valence electrons. The molecular formula is C20H25N5O5. The highest BCUT2D eigenvalue weighted by molar-refractivity contribution is 5.84. The van der Waals surface area contributed by atoms with Gasteiger partial charge in [0.25, 0.3) is 6.47 Å². The Hall–Kier alpha value is -3.40. The molecule has 1 aliphatic rings. The second kappa shape index (κ2) is 9.40. The van der Waals surface area contributed by atoms with E-state index in [2.05, 4.69) is 20.3 Å². The largest absolute Gasteiger partial charge is 0.462 e. The van der Waals surface area contributed by atoms with Gasteiger partial charge < -0.3 is 19.0 Å². The molecule has 3 aromatic rings. The summed E-state index contributed by atoms with van der Waals surface area (Å²) in [6.45, 7) is 7.78. The summed E-state index contributed by atoms with van der Waals surface area (Å²) in [6.07, 6.45) is 6.75. The van der Waals surface area contributed by atoms with E-state index < -0.39 is 0 Å². The molecule has 1 aliphatic heterocycles. The van der Waals surface area contributed by atoms with Crippen LogP contribution in [0.15, 0.2) is 45.8 Å². The van der Waals surface area contributed by atoms with E-state index in [-0.39, 0.29) is 5.60 Å². The van der Waals surface area contributed by atoms with Crippen LogP contribution in [0.25, 0.3) is 11.5 Å². The lowest BCUT2D eigenvalue weighted by molar-refractivity contribution is -0.138. The number of aromatic nitrogens is 3. The van der Waals surface area contributed by atoms with Gasteiger partial charge in [0.2, 0.25) is 12.2 Å². The van der Waals surface area contributed by atoms with Crippen molar-refractivity contribution in [2.45, 2.75) is 38.8 Å². The van der Waals surface area contributed by atoms with E-state index in [0.29, 0.717) is 41.9 Å². The van der Waals surface area contributed by atoms with Crippen molar-refractivity contribution in [1.82, 2.24) is 20.3 Å². The summed E-state index contributed by atoms with van der Waals surface area (Å²) in [4.78, 5) is 22.5. The number of nitrogens with zero attached hydrogens (tertiary/aromatic N) is 4. The Balaban J connectivity index is 0.000000318. The molecule has 4 rings (SSSR count). The van der Waals surface area contributed by atoms with E-state index in [1.165, 1.54) is 4.90 Å². The molecule has 1 unspecified atom stereocenters. The number of rotatable bonds is 6. The Labute approximate surface area is 173 Å². The van der Waals surface area contributed by atoms with E-state index in [0.717, 1.165) is 19.5 Å². The smallest absolute Gasteiger partial charge is 0.293 e. The van der Waals surface area contributed by atoms with Gasteiger partial charge in [-0.2, -0.15) is 5.10 Å². The molecule has 0 bridgehead atoms. The number of amides is 1. The van der Waals surface area contributed by atoms with Crippen LogP contribution in [0.5, 0.6) is 0 Å². The van der Waals surface area contributed by atoms with Gasteiger partial charge in [0.15, 0.2) is 11.6 Å². The number of carbonyl (C=O) groups excluding carboxylic acids is 2.